The molecular weight excluding hydrogens is 294 g/mol. The Morgan fingerprint density at radius 3 is 2.89 bits per heavy atom. The van der Waals surface area contributed by atoms with Gasteiger partial charge < -0.3 is 9.72 Å². The fraction of sp³-hybridized carbons (Fsp3) is 0.0769. The van der Waals surface area contributed by atoms with Gasteiger partial charge in [0.25, 0.3) is 0 Å². The number of para-hydroxylation sites is 1. The number of nitrogens with zero attached hydrogens (tertiary/aromatic N) is 2. The van der Waals surface area contributed by atoms with E-state index in [2.05, 4.69) is 30.9 Å². The Labute approximate surface area is 112 Å². The van der Waals surface area contributed by atoms with E-state index in [-0.39, 0.29) is 0 Å². The zero-order valence-corrected chi connectivity index (χ0v) is 11.2. The standard InChI is InChI=1S/C13H10BrN3O/c1-18-10-5-3-2-4-8(10)12-11-9(14)6-15-13(11)17-7-16-12/h2-7H,1H3,(H,15,16,17). The van der Waals surface area contributed by atoms with Crippen molar-refractivity contribution in [1.29, 1.82) is 0 Å². The topological polar surface area (TPSA) is 50.8 Å². The summed E-state index contributed by atoms with van der Waals surface area (Å²) in [6.07, 6.45) is 3.41. The van der Waals surface area contributed by atoms with Gasteiger partial charge in [0.05, 0.1) is 18.2 Å². The molecule has 2 aromatic heterocycles. The van der Waals surface area contributed by atoms with Crippen LogP contribution in [0.3, 0.4) is 0 Å². The van der Waals surface area contributed by atoms with Crippen molar-refractivity contribution >= 4 is 27.0 Å². The van der Waals surface area contributed by atoms with E-state index in [1.807, 2.05) is 30.5 Å². The van der Waals surface area contributed by atoms with Crippen LogP contribution in [0.2, 0.25) is 0 Å². The Balaban J connectivity index is 2.34. The van der Waals surface area contributed by atoms with Gasteiger partial charge in [0, 0.05) is 16.2 Å². The highest BCUT2D eigenvalue weighted by Gasteiger charge is 2.14. The molecule has 0 unspecified atom stereocenters. The summed E-state index contributed by atoms with van der Waals surface area (Å²) >= 11 is 3.51. The van der Waals surface area contributed by atoms with Crippen LogP contribution in [0.1, 0.15) is 0 Å². The predicted molar refractivity (Wildman–Crippen MR) is 73.6 cm³/mol. The Morgan fingerprint density at radius 1 is 1.22 bits per heavy atom. The van der Waals surface area contributed by atoms with Gasteiger partial charge in [-0.25, -0.2) is 9.97 Å². The largest absolute Gasteiger partial charge is 0.496 e. The Morgan fingerprint density at radius 2 is 2.06 bits per heavy atom. The van der Waals surface area contributed by atoms with Gasteiger partial charge in [0.15, 0.2) is 0 Å². The fourth-order valence-electron chi connectivity index (χ4n) is 1.97. The molecular formula is C13H10BrN3O. The highest BCUT2D eigenvalue weighted by Crippen LogP contribution is 2.35. The third-order valence-corrected chi connectivity index (χ3v) is 3.41. The molecule has 0 atom stereocenters. The van der Waals surface area contributed by atoms with Gasteiger partial charge in [-0.1, -0.05) is 12.1 Å². The summed E-state index contributed by atoms with van der Waals surface area (Å²) in [5.74, 6) is 0.797. The molecule has 0 saturated heterocycles. The van der Waals surface area contributed by atoms with Crippen LogP contribution in [0.25, 0.3) is 22.3 Å². The highest BCUT2D eigenvalue weighted by molar-refractivity contribution is 9.10. The first-order chi connectivity index (χ1) is 8.81. The van der Waals surface area contributed by atoms with Crippen LogP contribution >= 0.6 is 15.9 Å². The lowest BCUT2D eigenvalue weighted by molar-refractivity contribution is 0.416. The predicted octanol–water partition coefficient (Wildman–Crippen LogP) is 3.40. The van der Waals surface area contributed by atoms with Gasteiger partial charge in [-0.05, 0) is 28.1 Å². The number of methoxy groups -OCH3 is 1. The quantitative estimate of drug-likeness (QED) is 0.789. The molecule has 0 radical (unpaired) electrons. The van der Waals surface area contributed by atoms with Gasteiger partial charge in [0.2, 0.25) is 0 Å². The SMILES string of the molecule is COc1ccccc1-c1ncnc2[nH]cc(Br)c12. The lowest BCUT2D eigenvalue weighted by atomic mass is 10.1. The summed E-state index contributed by atoms with van der Waals surface area (Å²) in [6, 6.07) is 7.81. The van der Waals surface area contributed by atoms with Crippen LogP contribution in [-0.2, 0) is 0 Å². The number of hydrogen-bond donors (Lipinski definition) is 1. The van der Waals surface area contributed by atoms with Gasteiger partial charge in [0.1, 0.15) is 17.7 Å². The van der Waals surface area contributed by atoms with Crippen molar-refractivity contribution in [2.75, 3.05) is 7.11 Å². The van der Waals surface area contributed by atoms with E-state index < -0.39 is 0 Å². The molecule has 0 aliphatic heterocycles. The third-order valence-electron chi connectivity index (χ3n) is 2.78. The number of rotatable bonds is 2. The fourth-order valence-corrected chi connectivity index (χ4v) is 2.46. The van der Waals surface area contributed by atoms with Crippen molar-refractivity contribution in [3.63, 3.8) is 0 Å². The summed E-state index contributed by atoms with van der Waals surface area (Å²) in [6.45, 7) is 0. The summed E-state index contributed by atoms with van der Waals surface area (Å²) in [7, 11) is 1.66. The Bertz CT molecular complexity index is 708. The molecule has 5 heteroatoms. The maximum Gasteiger partial charge on any atom is 0.142 e. The normalized spacial score (nSPS) is 10.8. The number of aromatic nitrogens is 3. The maximum atomic E-state index is 5.38. The second-order valence-electron chi connectivity index (χ2n) is 3.78. The molecule has 1 N–H and O–H groups in total. The second kappa shape index (κ2) is 4.42. The zero-order chi connectivity index (χ0) is 12.5. The van der Waals surface area contributed by atoms with E-state index in [9.17, 15) is 0 Å². The number of benzene rings is 1. The number of hydrogen-bond acceptors (Lipinski definition) is 3. The molecule has 3 rings (SSSR count). The van der Waals surface area contributed by atoms with E-state index in [0.29, 0.717) is 0 Å². The molecule has 3 aromatic rings. The molecule has 0 fully saturated rings. The number of nitrogens with one attached hydrogen (secondary N) is 1. The number of halogens is 1. The van der Waals surface area contributed by atoms with Gasteiger partial charge in [-0.3, -0.25) is 0 Å². The Kier molecular flexibility index (Phi) is 2.76. The lowest BCUT2D eigenvalue weighted by Gasteiger charge is -2.08. The van der Waals surface area contributed by atoms with Crippen LogP contribution in [-0.4, -0.2) is 22.1 Å². The van der Waals surface area contributed by atoms with Crippen molar-refractivity contribution in [3.05, 3.63) is 41.3 Å². The zero-order valence-electron chi connectivity index (χ0n) is 9.64. The van der Waals surface area contributed by atoms with E-state index in [1.165, 1.54) is 0 Å². The summed E-state index contributed by atoms with van der Waals surface area (Å²) in [4.78, 5) is 11.7. The lowest BCUT2D eigenvalue weighted by Crippen LogP contribution is -1.91. The number of fused-ring (bicyclic) bond motifs is 1. The smallest absolute Gasteiger partial charge is 0.142 e. The summed E-state index contributed by atoms with van der Waals surface area (Å²) in [5.41, 5.74) is 2.61. The van der Waals surface area contributed by atoms with E-state index in [4.69, 9.17) is 4.74 Å². The van der Waals surface area contributed by atoms with Crippen LogP contribution < -0.4 is 4.74 Å². The molecule has 2 heterocycles. The van der Waals surface area contributed by atoms with Crippen molar-refractivity contribution in [2.24, 2.45) is 0 Å². The summed E-state index contributed by atoms with van der Waals surface area (Å²) < 4.78 is 6.32. The second-order valence-corrected chi connectivity index (χ2v) is 4.64. The molecule has 0 saturated carbocycles. The third kappa shape index (κ3) is 1.67. The van der Waals surface area contributed by atoms with Crippen molar-refractivity contribution < 1.29 is 4.74 Å². The van der Waals surface area contributed by atoms with Crippen molar-refractivity contribution in [3.8, 4) is 17.0 Å². The average molecular weight is 304 g/mol. The minimum absolute atomic E-state index is 0.797. The van der Waals surface area contributed by atoms with Crippen LogP contribution in [0.4, 0.5) is 0 Å². The molecule has 18 heavy (non-hydrogen) atoms. The first kappa shape index (κ1) is 11.2. The maximum absolute atomic E-state index is 5.38. The molecule has 4 nitrogen and oxygen atoms in total. The molecule has 0 aliphatic carbocycles. The van der Waals surface area contributed by atoms with E-state index in [0.717, 1.165) is 32.5 Å². The molecule has 90 valence electrons. The molecule has 0 aliphatic rings. The minimum atomic E-state index is 0.797. The van der Waals surface area contributed by atoms with Crippen LogP contribution in [0.15, 0.2) is 41.3 Å². The van der Waals surface area contributed by atoms with Gasteiger partial charge in [-0.15, -0.1) is 0 Å². The minimum Gasteiger partial charge on any atom is -0.496 e. The first-order valence-corrected chi connectivity index (χ1v) is 6.21. The highest BCUT2D eigenvalue weighted by atomic mass is 79.9. The van der Waals surface area contributed by atoms with Gasteiger partial charge >= 0.3 is 0 Å². The van der Waals surface area contributed by atoms with Crippen molar-refractivity contribution in [1.82, 2.24) is 15.0 Å². The Hall–Kier alpha value is -1.88. The molecule has 0 amide bonds. The van der Waals surface area contributed by atoms with Crippen LogP contribution in [0.5, 0.6) is 5.75 Å². The van der Waals surface area contributed by atoms with Gasteiger partial charge in [-0.2, -0.15) is 0 Å². The number of ether oxygens (including phenoxy) is 1. The average Bonchev–Trinajstić information content (AvgIpc) is 2.81. The first-order valence-electron chi connectivity index (χ1n) is 5.42. The van der Waals surface area contributed by atoms with E-state index in [1.54, 1.807) is 13.4 Å². The number of H-pyrrole nitrogens is 1. The molecule has 0 bridgehead atoms. The molecule has 1 aromatic carbocycles. The van der Waals surface area contributed by atoms with Crippen LogP contribution in [0, 0.1) is 0 Å². The van der Waals surface area contributed by atoms with E-state index >= 15 is 0 Å². The summed E-state index contributed by atoms with van der Waals surface area (Å²) in [5, 5.41) is 0.960. The monoisotopic (exact) mass is 303 g/mol. The number of aromatic amines is 1. The van der Waals surface area contributed by atoms with Crippen molar-refractivity contribution in [2.45, 2.75) is 0 Å². The molecule has 0 spiro atoms.